The Morgan fingerprint density at radius 2 is 2.05 bits per heavy atom. The number of nitrogens with one attached hydrogen (secondary N) is 1. The molecule has 0 aromatic heterocycles. The second-order valence-electron chi connectivity index (χ2n) is 5.39. The number of likely N-dealkylation sites (N-methyl/N-ethyl adjacent to an activating group) is 1. The topological polar surface area (TPSA) is 54.0 Å². The first-order chi connectivity index (χ1) is 10.2. The lowest BCUT2D eigenvalue weighted by atomic mass is 10.2. The minimum absolute atomic E-state index is 0.0171. The van der Waals surface area contributed by atoms with Crippen LogP contribution < -0.4 is 14.8 Å². The Labute approximate surface area is 124 Å². The third-order valence-corrected chi connectivity index (χ3v) is 3.93. The highest BCUT2D eigenvalue weighted by molar-refractivity contribution is 5.94. The molecule has 0 bridgehead atoms. The van der Waals surface area contributed by atoms with Crippen LogP contribution in [0.4, 0.5) is 0 Å². The Morgan fingerprint density at radius 3 is 2.86 bits per heavy atom. The van der Waals surface area contributed by atoms with Crippen LogP contribution in [0.1, 0.15) is 10.4 Å². The third kappa shape index (κ3) is 3.28. The molecule has 21 heavy (non-hydrogen) atoms. The van der Waals surface area contributed by atoms with E-state index in [1.54, 1.807) is 23.1 Å². The SMILES string of the molecule is CN(CCN1CCNCC1)C(=O)c1ccc2c(c1)OCO2. The number of hydrogen-bond acceptors (Lipinski definition) is 5. The number of carbonyl (C=O) groups is 1. The first-order valence-corrected chi connectivity index (χ1v) is 7.32. The zero-order valence-electron chi connectivity index (χ0n) is 12.3. The number of benzene rings is 1. The molecule has 1 saturated heterocycles. The van der Waals surface area contributed by atoms with Crippen molar-refractivity contribution >= 4 is 5.91 Å². The fourth-order valence-corrected chi connectivity index (χ4v) is 2.58. The van der Waals surface area contributed by atoms with E-state index in [1.165, 1.54) is 0 Å². The minimum atomic E-state index is 0.0171. The predicted molar refractivity (Wildman–Crippen MR) is 78.8 cm³/mol. The van der Waals surface area contributed by atoms with Gasteiger partial charge in [0.2, 0.25) is 6.79 Å². The second-order valence-corrected chi connectivity index (χ2v) is 5.39. The van der Waals surface area contributed by atoms with E-state index in [4.69, 9.17) is 9.47 Å². The molecule has 6 nitrogen and oxygen atoms in total. The van der Waals surface area contributed by atoms with Crippen molar-refractivity contribution in [3.8, 4) is 11.5 Å². The normalized spacial score (nSPS) is 17.8. The number of hydrogen-bond donors (Lipinski definition) is 1. The molecule has 0 radical (unpaired) electrons. The van der Waals surface area contributed by atoms with Gasteiger partial charge in [-0.15, -0.1) is 0 Å². The quantitative estimate of drug-likeness (QED) is 0.870. The molecule has 1 aromatic rings. The van der Waals surface area contributed by atoms with Crippen molar-refractivity contribution in [2.45, 2.75) is 0 Å². The molecule has 0 aliphatic carbocycles. The lowest BCUT2D eigenvalue weighted by Gasteiger charge is -2.29. The zero-order valence-corrected chi connectivity index (χ0v) is 12.3. The molecular weight excluding hydrogens is 270 g/mol. The molecule has 0 spiro atoms. The first-order valence-electron chi connectivity index (χ1n) is 7.32. The first kappa shape index (κ1) is 14.2. The van der Waals surface area contributed by atoms with Crippen molar-refractivity contribution in [1.82, 2.24) is 15.1 Å². The molecule has 1 aromatic carbocycles. The van der Waals surface area contributed by atoms with Crippen LogP contribution in [0.15, 0.2) is 18.2 Å². The van der Waals surface area contributed by atoms with Crippen LogP contribution in [0.5, 0.6) is 11.5 Å². The summed E-state index contributed by atoms with van der Waals surface area (Å²) in [7, 11) is 1.84. The van der Waals surface area contributed by atoms with Gasteiger partial charge in [-0.3, -0.25) is 9.69 Å². The number of carbonyl (C=O) groups excluding carboxylic acids is 1. The Hall–Kier alpha value is -1.79. The van der Waals surface area contributed by atoms with Crippen molar-refractivity contribution in [1.29, 1.82) is 0 Å². The zero-order chi connectivity index (χ0) is 14.7. The molecular formula is C15H21N3O3. The van der Waals surface area contributed by atoms with E-state index >= 15 is 0 Å². The molecule has 0 atom stereocenters. The minimum Gasteiger partial charge on any atom is -0.454 e. The summed E-state index contributed by atoms with van der Waals surface area (Å²) in [5.74, 6) is 1.37. The van der Waals surface area contributed by atoms with Crippen LogP contribution in [0.2, 0.25) is 0 Å². The average molecular weight is 291 g/mol. The average Bonchev–Trinajstić information content (AvgIpc) is 3.00. The van der Waals surface area contributed by atoms with Gasteiger partial charge in [0, 0.05) is 51.9 Å². The van der Waals surface area contributed by atoms with E-state index < -0.39 is 0 Å². The summed E-state index contributed by atoms with van der Waals surface area (Å²) < 4.78 is 10.6. The van der Waals surface area contributed by atoms with Gasteiger partial charge in [0.1, 0.15) is 0 Å². The van der Waals surface area contributed by atoms with Gasteiger partial charge in [0.15, 0.2) is 11.5 Å². The molecule has 1 fully saturated rings. The number of amides is 1. The van der Waals surface area contributed by atoms with Gasteiger partial charge >= 0.3 is 0 Å². The van der Waals surface area contributed by atoms with Crippen molar-refractivity contribution in [2.75, 3.05) is 53.1 Å². The van der Waals surface area contributed by atoms with Crippen molar-refractivity contribution in [3.63, 3.8) is 0 Å². The Bertz CT molecular complexity index is 515. The number of piperazine rings is 1. The fourth-order valence-electron chi connectivity index (χ4n) is 2.58. The molecule has 0 saturated carbocycles. The van der Waals surface area contributed by atoms with Gasteiger partial charge in [0.25, 0.3) is 5.91 Å². The number of nitrogens with zero attached hydrogens (tertiary/aromatic N) is 2. The van der Waals surface area contributed by atoms with Gasteiger partial charge in [0.05, 0.1) is 0 Å². The van der Waals surface area contributed by atoms with Crippen LogP contribution in [0.3, 0.4) is 0 Å². The largest absolute Gasteiger partial charge is 0.454 e. The smallest absolute Gasteiger partial charge is 0.253 e. The molecule has 2 aliphatic rings. The highest BCUT2D eigenvalue weighted by atomic mass is 16.7. The van der Waals surface area contributed by atoms with E-state index in [1.807, 2.05) is 7.05 Å². The fraction of sp³-hybridized carbons (Fsp3) is 0.533. The lowest BCUT2D eigenvalue weighted by molar-refractivity contribution is 0.0774. The maximum Gasteiger partial charge on any atom is 0.253 e. The molecule has 3 rings (SSSR count). The Kier molecular flexibility index (Phi) is 4.26. The summed E-state index contributed by atoms with van der Waals surface area (Å²) in [4.78, 5) is 16.6. The summed E-state index contributed by atoms with van der Waals surface area (Å²) >= 11 is 0. The Morgan fingerprint density at radius 1 is 1.29 bits per heavy atom. The monoisotopic (exact) mass is 291 g/mol. The Balaban J connectivity index is 1.56. The van der Waals surface area contributed by atoms with E-state index in [0.717, 1.165) is 39.3 Å². The molecule has 0 unspecified atom stereocenters. The van der Waals surface area contributed by atoms with Crippen LogP contribution in [0.25, 0.3) is 0 Å². The summed E-state index contributed by atoms with van der Waals surface area (Å²) in [5, 5.41) is 3.33. The van der Waals surface area contributed by atoms with Gasteiger partial charge in [-0.05, 0) is 18.2 Å². The van der Waals surface area contributed by atoms with Crippen LogP contribution in [-0.2, 0) is 0 Å². The van der Waals surface area contributed by atoms with Crippen molar-refractivity contribution in [2.24, 2.45) is 0 Å². The maximum absolute atomic E-state index is 12.4. The second kappa shape index (κ2) is 6.32. The van der Waals surface area contributed by atoms with E-state index in [9.17, 15) is 4.79 Å². The molecule has 6 heteroatoms. The molecule has 114 valence electrons. The molecule has 2 aliphatic heterocycles. The van der Waals surface area contributed by atoms with E-state index in [-0.39, 0.29) is 12.7 Å². The van der Waals surface area contributed by atoms with E-state index in [0.29, 0.717) is 17.1 Å². The summed E-state index contributed by atoms with van der Waals surface area (Å²) in [6, 6.07) is 5.34. The maximum atomic E-state index is 12.4. The highest BCUT2D eigenvalue weighted by Crippen LogP contribution is 2.32. The van der Waals surface area contributed by atoms with Crippen molar-refractivity contribution < 1.29 is 14.3 Å². The van der Waals surface area contributed by atoms with E-state index in [2.05, 4.69) is 10.2 Å². The van der Waals surface area contributed by atoms with Crippen LogP contribution >= 0.6 is 0 Å². The summed E-state index contributed by atoms with van der Waals surface area (Å²) in [6.07, 6.45) is 0. The number of ether oxygens (including phenoxy) is 2. The third-order valence-electron chi connectivity index (χ3n) is 3.93. The standard InChI is InChI=1S/C15H21N3O3/c1-17(8-9-18-6-4-16-5-7-18)15(19)12-2-3-13-14(10-12)21-11-20-13/h2-3,10,16H,4-9,11H2,1H3. The van der Waals surface area contributed by atoms with Crippen molar-refractivity contribution in [3.05, 3.63) is 23.8 Å². The van der Waals surface area contributed by atoms with Crippen LogP contribution in [-0.4, -0.2) is 68.8 Å². The highest BCUT2D eigenvalue weighted by Gasteiger charge is 2.19. The van der Waals surface area contributed by atoms with Gasteiger partial charge in [-0.1, -0.05) is 0 Å². The molecule has 2 heterocycles. The summed E-state index contributed by atoms with van der Waals surface area (Å²) in [6.45, 7) is 6.02. The van der Waals surface area contributed by atoms with Gasteiger partial charge in [-0.25, -0.2) is 0 Å². The van der Waals surface area contributed by atoms with Gasteiger partial charge in [-0.2, -0.15) is 0 Å². The number of rotatable bonds is 4. The predicted octanol–water partition coefficient (Wildman–Crippen LogP) is 0.392. The number of fused-ring (bicyclic) bond motifs is 1. The van der Waals surface area contributed by atoms with Crippen LogP contribution in [0, 0.1) is 0 Å². The molecule has 1 amide bonds. The molecule has 1 N–H and O–H groups in total. The summed E-state index contributed by atoms with van der Waals surface area (Å²) in [5.41, 5.74) is 0.641. The lowest BCUT2D eigenvalue weighted by Crippen LogP contribution is -2.46. The van der Waals surface area contributed by atoms with Gasteiger partial charge < -0.3 is 19.7 Å².